The van der Waals surface area contributed by atoms with Crippen molar-refractivity contribution >= 4 is 23.8 Å². The van der Waals surface area contributed by atoms with Crippen molar-refractivity contribution in [1.82, 2.24) is 10.2 Å². The van der Waals surface area contributed by atoms with E-state index in [9.17, 15) is 14.4 Å². The fourth-order valence-corrected chi connectivity index (χ4v) is 1.59. The molecule has 6 nitrogen and oxygen atoms in total. The third-order valence-electron chi connectivity index (χ3n) is 2.41. The molecule has 2 rings (SSSR count). The third kappa shape index (κ3) is 2.85. The molecule has 0 unspecified atom stereocenters. The van der Waals surface area contributed by atoms with Crippen molar-refractivity contribution in [2.45, 2.75) is 6.92 Å². The lowest BCUT2D eigenvalue weighted by molar-refractivity contribution is -0.143. The first kappa shape index (κ1) is 12.1. The maximum Gasteiger partial charge on any atom is 0.247 e. The first-order chi connectivity index (χ1) is 8.54. The molecular formula is C12H12N2O4. The fourth-order valence-electron chi connectivity index (χ4n) is 1.59. The molecule has 6 heteroatoms. The Kier molecular flexibility index (Phi) is 3.27. The first-order valence-electron chi connectivity index (χ1n) is 5.41. The average Bonchev–Trinajstić information content (AvgIpc) is 2.70. The summed E-state index contributed by atoms with van der Waals surface area (Å²) in [6, 6.07) is 3.51. The second-order valence-electron chi connectivity index (χ2n) is 3.95. The van der Waals surface area contributed by atoms with E-state index in [-0.39, 0.29) is 13.1 Å². The molecule has 0 spiro atoms. The van der Waals surface area contributed by atoms with Crippen molar-refractivity contribution in [2.24, 2.45) is 0 Å². The summed E-state index contributed by atoms with van der Waals surface area (Å²) in [6.07, 6.45) is 2.79. The van der Waals surface area contributed by atoms with Crippen LogP contribution in [0, 0.1) is 6.92 Å². The van der Waals surface area contributed by atoms with E-state index in [4.69, 9.17) is 4.42 Å². The van der Waals surface area contributed by atoms with Gasteiger partial charge in [0.15, 0.2) is 0 Å². The highest BCUT2D eigenvalue weighted by atomic mass is 16.3. The van der Waals surface area contributed by atoms with Crippen LogP contribution in [0.5, 0.6) is 0 Å². The molecule has 1 aromatic rings. The molecule has 1 N–H and O–H groups in total. The molecule has 1 aliphatic rings. The topological polar surface area (TPSA) is 79.6 Å². The van der Waals surface area contributed by atoms with Crippen molar-refractivity contribution < 1.29 is 18.8 Å². The molecule has 2 heterocycles. The summed E-state index contributed by atoms with van der Waals surface area (Å²) in [5, 5.41) is 2.13. The quantitative estimate of drug-likeness (QED) is 0.594. The Morgan fingerprint density at radius 3 is 2.56 bits per heavy atom. The molecular weight excluding hydrogens is 236 g/mol. The molecule has 0 aliphatic carbocycles. The minimum absolute atomic E-state index is 0.105. The van der Waals surface area contributed by atoms with Crippen LogP contribution in [0.1, 0.15) is 11.5 Å². The summed E-state index contributed by atoms with van der Waals surface area (Å²) in [6.45, 7) is 1.59. The summed E-state index contributed by atoms with van der Waals surface area (Å²) in [7, 11) is 0. The van der Waals surface area contributed by atoms with Gasteiger partial charge in [-0.2, -0.15) is 0 Å². The summed E-state index contributed by atoms with van der Waals surface area (Å²) >= 11 is 0. The molecule has 0 aromatic carbocycles. The second-order valence-corrected chi connectivity index (χ2v) is 3.95. The van der Waals surface area contributed by atoms with Gasteiger partial charge in [0.25, 0.3) is 0 Å². The van der Waals surface area contributed by atoms with E-state index in [2.05, 4.69) is 5.32 Å². The van der Waals surface area contributed by atoms with Crippen molar-refractivity contribution in [1.29, 1.82) is 0 Å². The van der Waals surface area contributed by atoms with Gasteiger partial charge in [0.05, 0.1) is 0 Å². The number of nitrogens with zero attached hydrogens (tertiary/aromatic N) is 1. The van der Waals surface area contributed by atoms with Crippen LogP contribution >= 0.6 is 0 Å². The lowest BCUT2D eigenvalue weighted by atomic mass is 10.3. The van der Waals surface area contributed by atoms with Gasteiger partial charge < -0.3 is 9.32 Å². The first-order valence-corrected chi connectivity index (χ1v) is 5.41. The van der Waals surface area contributed by atoms with Gasteiger partial charge in [-0.05, 0) is 25.1 Å². The minimum atomic E-state index is -0.471. The highest BCUT2D eigenvalue weighted by Gasteiger charge is 2.24. The van der Waals surface area contributed by atoms with Gasteiger partial charge in [0.2, 0.25) is 17.7 Å². The van der Waals surface area contributed by atoms with E-state index in [0.717, 1.165) is 5.76 Å². The van der Waals surface area contributed by atoms with E-state index in [1.807, 2.05) is 0 Å². The van der Waals surface area contributed by atoms with Gasteiger partial charge in [-0.3, -0.25) is 19.7 Å². The largest absolute Gasteiger partial charge is 0.462 e. The molecule has 0 radical (unpaired) electrons. The summed E-state index contributed by atoms with van der Waals surface area (Å²) in [5.41, 5.74) is 0. The number of imide groups is 1. The number of aryl methyl sites for hydroxylation is 1. The Bertz CT molecular complexity index is 514. The molecule has 0 saturated carbocycles. The number of furan rings is 1. The molecule has 3 amide bonds. The predicted molar refractivity (Wildman–Crippen MR) is 62.2 cm³/mol. The van der Waals surface area contributed by atoms with Crippen LogP contribution in [0.2, 0.25) is 0 Å². The van der Waals surface area contributed by atoms with Gasteiger partial charge >= 0.3 is 0 Å². The zero-order valence-corrected chi connectivity index (χ0v) is 9.80. The Balaban J connectivity index is 2.01. The molecule has 94 valence electrons. The highest BCUT2D eigenvalue weighted by molar-refractivity contribution is 6.04. The number of nitrogens with one attached hydrogen (secondary N) is 1. The van der Waals surface area contributed by atoms with Crippen molar-refractivity contribution in [2.75, 3.05) is 13.1 Å². The Morgan fingerprint density at radius 1 is 1.33 bits per heavy atom. The van der Waals surface area contributed by atoms with Crippen molar-refractivity contribution in [3.8, 4) is 0 Å². The van der Waals surface area contributed by atoms with E-state index in [1.54, 1.807) is 19.1 Å². The van der Waals surface area contributed by atoms with Crippen LogP contribution in [0.3, 0.4) is 0 Å². The zero-order valence-electron chi connectivity index (χ0n) is 9.80. The number of carbonyl (C=O) groups excluding carboxylic acids is 3. The van der Waals surface area contributed by atoms with Crippen LogP contribution in [-0.2, 0) is 14.4 Å². The number of carbonyl (C=O) groups is 3. The number of amides is 3. The van der Waals surface area contributed by atoms with Crippen molar-refractivity contribution in [3.63, 3.8) is 0 Å². The lowest BCUT2D eigenvalue weighted by Crippen LogP contribution is -2.52. The molecule has 0 atom stereocenters. The number of hydrogen-bond donors (Lipinski definition) is 1. The summed E-state index contributed by atoms with van der Waals surface area (Å²) in [4.78, 5) is 35.1. The van der Waals surface area contributed by atoms with Crippen LogP contribution in [0.4, 0.5) is 0 Å². The fraction of sp³-hybridized carbons (Fsp3) is 0.250. The SMILES string of the molecule is Cc1ccc(C=CC(=O)N2CC(=O)NC(=O)C2)o1. The van der Waals surface area contributed by atoms with E-state index in [1.165, 1.54) is 17.1 Å². The van der Waals surface area contributed by atoms with Crippen LogP contribution < -0.4 is 5.32 Å². The third-order valence-corrected chi connectivity index (χ3v) is 2.41. The van der Waals surface area contributed by atoms with Crippen molar-refractivity contribution in [3.05, 3.63) is 29.7 Å². The van der Waals surface area contributed by atoms with E-state index < -0.39 is 17.7 Å². The van der Waals surface area contributed by atoms with Crippen LogP contribution in [0.15, 0.2) is 22.6 Å². The van der Waals surface area contributed by atoms with Gasteiger partial charge in [-0.25, -0.2) is 0 Å². The molecule has 1 fully saturated rings. The van der Waals surface area contributed by atoms with Gasteiger partial charge in [0.1, 0.15) is 24.6 Å². The van der Waals surface area contributed by atoms with Gasteiger partial charge in [0, 0.05) is 6.08 Å². The Labute approximate surface area is 103 Å². The standard InChI is InChI=1S/C12H12N2O4/c1-8-2-3-9(18-8)4-5-12(17)14-6-10(15)13-11(16)7-14/h2-5H,6-7H2,1H3,(H,13,15,16). The predicted octanol–water partition coefficient (Wildman–Crippen LogP) is 0.0862. The normalized spacial score (nSPS) is 16.2. The van der Waals surface area contributed by atoms with E-state index in [0.29, 0.717) is 5.76 Å². The van der Waals surface area contributed by atoms with Crippen LogP contribution in [0.25, 0.3) is 6.08 Å². The minimum Gasteiger partial charge on any atom is -0.462 e. The highest BCUT2D eigenvalue weighted by Crippen LogP contribution is 2.08. The smallest absolute Gasteiger partial charge is 0.247 e. The molecule has 18 heavy (non-hydrogen) atoms. The Hall–Kier alpha value is -2.37. The maximum absolute atomic E-state index is 11.7. The average molecular weight is 248 g/mol. The lowest BCUT2D eigenvalue weighted by Gasteiger charge is -2.23. The summed E-state index contributed by atoms with van der Waals surface area (Å²) in [5.74, 6) is -0.0424. The Morgan fingerprint density at radius 2 is 2.00 bits per heavy atom. The molecule has 1 aliphatic heterocycles. The molecule has 1 saturated heterocycles. The molecule has 1 aromatic heterocycles. The summed E-state index contributed by atoms with van der Waals surface area (Å²) < 4.78 is 5.26. The maximum atomic E-state index is 11.7. The van der Waals surface area contributed by atoms with Gasteiger partial charge in [-0.1, -0.05) is 0 Å². The molecule has 0 bridgehead atoms. The number of piperazine rings is 1. The van der Waals surface area contributed by atoms with Crippen LogP contribution in [-0.4, -0.2) is 35.7 Å². The monoisotopic (exact) mass is 248 g/mol. The second kappa shape index (κ2) is 4.87. The van der Waals surface area contributed by atoms with Gasteiger partial charge in [-0.15, -0.1) is 0 Å². The number of rotatable bonds is 2. The van der Waals surface area contributed by atoms with E-state index >= 15 is 0 Å². The zero-order chi connectivity index (χ0) is 13.1. The number of hydrogen-bond acceptors (Lipinski definition) is 4.